The number of nitrogens with zero attached hydrogens (tertiary/aromatic N) is 1. The first-order valence-electron chi connectivity index (χ1n) is 4.91. The fraction of sp³-hybridized carbons (Fsp3) is 0.800. The molecule has 4 heteroatoms. The molecule has 1 fully saturated rings. The zero-order valence-corrected chi connectivity index (χ0v) is 9.04. The van der Waals surface area contributed by atoms with Gasteiger partial charge in [-0.05, 0) is 6.42 Å². The second kappa shape index (κ2) is 3.59. The lowest BCUT2D eigenvalue weighted by atomic mass is 9.95. The van der Waals surface area contributed by atoms with E-state index >= 15 is 0 Å². The number of carbonyl (C=O) groups excluding carboxylic acids is 2. The Kier molecular flexibility index (Phi) is 2.83. The Labute approximate surface area is 84.4 Å². The molecule has 1 unspecified atom stereocenters. The van der Waals surface area contributed by atoms with E-state index in [4.69, 9.17) is 5.73 Å². The summed E-state index contributed by atoms with van der Waals surface area (Å²) < 4.78 is 0. The van der Waals surface area contributed by atoms with Crippen LogP contribution in [0.25, 0.3) is 0 Å². The highest BCUT2D eigenvalue weighted by Crippen LogP contribution is 2.23. The van der Waals surface area contributed by atoms with E-state index in [1.807, 2.05) is 20.8 Å². The zero-order chi connectivity index (χ0) is 10.9. The molecular formula is C10H18N2O2. The van der Waals surface area contributed by atoms with Crippen molar-refractivity contribution in [1.82, 2.24) is 4.90 Å². The Morgan fingerprint density at radius 2 is 1.93 bits per heavy atom. The molecule has 1 saturated heterocycles. The van der Waals surface area contributed by atoms with Crippen molar-refractivity contribution in [2.24, 2.45) is 17.1 Å². The molecule has 0 aromatic rings. The van der Waals surface area contributed by atoms with Gasteiger partial charge in [-0.1, -0.05) is 20.8 Å². The summed E-state index contributed by atoms with van der Waals surface area (Å²) in [6.07, 6.45) is 0.706. The number of rotatable bonds is 1. The van der Waals surface area contributed by atoms with Gasteiger partial charge in [0.05, 0.1) is 5.92 Å². The smallest absolute Gasteiger partial charge is 0.227 e. The Hall–Kier alpha value is -1.06. The van der Waals surface area contributed by atoms with Crippen LogP contribution in [0.3, 0.4) is 0 Å². The summed E-state index contributed by atoms with van der Waals surface area (Å²) in [5.41, 5.74) is 4.82. The molecule has 0 radical (unpaired) electrons. The van der Waals surface area contributed by atoms with Crippen LogP contribution in [-0.2, 0) is 9.59 Å². The van der Waals surface area contributed by atoms with Gasteiger partial charge in [-0.2, -0.15) is 0 Å². The van der Waals surface area contributed by atoms with Crippen LogP contribution in [0.4, 0.5) is 0 Å². The minimum Gasteiger partial charge on any atom is -0.369 e. The second-order valence-electron chi connectivity index (χ2n) is 4.89. The molecule has 1 heterocycles. The highest BCUT2D eigenvalue weighted by atomic mass is 16.2. The molecule has 2 N–H and O–H groups in total. The Balaban J connectivity index is 2.59. The summed E-state index contributed by atoms with van der Waals surface area (Å²) in [5, 5.41) is 0. The van der Waals surface area contributed by atoms with Crippen molar-refractivity contribution in [3.05, 3.63) is 0 Å². The molecule has 1 aliphatic rings. The summed E-state index contributed by atoms with van der Waals surface area (Å²) in [4.78, 5) is 24.4. The van der Waals surface area contributed by atoms with E-state index in [0.29, 0.717) is 19.5 Å². The number of primary amides is 1. The largest absolute Gasteiger partial charge is 0.369 e. The van der Waals surface area contributed by atoms with Gasteiger partial charge in [-0.3, -0.25) is 9.59 Å². The number of likely N-dealkylation sites (tertiary alicyclic amines) is 1. The van der Waals surface area contributed by atoms with Crippen molar-refractivity contribution in [3.8, 4) is 0 Å². The lowest BCUT2D eigenvalue weighted by molar-refractivity contribution is -0.138. The van der Waals surface area contributed by atoms with Crippen LogP contribution in [0.2, 0.25) is 0 Å². The van der Waals surface area contributed by atoms with Crippen molar-refractivity contribution >= 4 is 11.8 Å². The number of hydrogen-bond acceptors (Lipinski definition) is 2. The maximum absolute atomic E-state index is 11.8. The van der Waals surface area contributed by atoms with Gasteiger partial charge in [0.1, 0.15) is 0 Å². The van der Waals surface area contributed by atoms with E-state index in [1.165, 1.54) is 0 Å². The average Bonchev–Trinajstić information content (AvgIpc) is 2.48. The van der Waals surface area contributed by atoms with Crippen LogP contribution in [0.5, 0.6) is 0 Å². The Morgan fingerprint density at radius 1 is 1.36 bits per heavy atom. The standard InChI is InChI=1S/C10H18N2O2/c1-10(2,3)9(14)12-5-4-7(6-12)8(11)13/h7H,4-6H2,1-3H3,(H2,11,13). The Bertz CT molecular complexity index is 255. The molecule has 1 aliphatic heterocycles. The van der Waals surface area contributed by atoms with E-state index in [0.717, 1.165) is 0 Å². The minimum atomic E-state index is -0.369. The van der Waals surface area contributed by atoms with Gasteiger partial charge >= 0.3 is 0 Å². The molecular weight excluding hydrogens is 180 g/mol. The van der Waals surface area contributed by atoms with E-state index in [2.05, 4.69) is 0 Å². The fourth-order valence-electron chi connectivity index (χ4n) is 1.65. The molecule has 1 atom stereocenters. The predicted octanol–water partition coefficient (Wildman–Crippen LogP) is 0.366. The molecule has 4 nitrogen and oxygen atoms in total. The van der Waals surface area contributed by atoms with E-state index in [-0.39, 0.29) is 23.1 Å². The topological polar surface area (TPSA) is 63.4 Å². The summed E-state index contributed by atoms with van der Waals surface area (Å²) in [7, 11) is 0. The molecule has 0 saturated carbocycles. The van der Waals surface area contributed by atoms with Crippen LogP contribution in [0.15, 0.2) is 0 Å². The lowest BCUT2D eigenvalue weighted by Gasteiger charge is -2.25. The molecule has 2 amide bonds. The Morgan fingerprint density at radius 3 is 2.29 bits per heavy atom. The molecule has 0 aliphatic carbocycles. The second-order valence-corrected chi connectivity index (χ2v) is 4.89. The maximum Gasteiger partial charge on any atom is 0.227 e. The van der Waals surface area contributed by atoms with Gasteiger partial charge in [0, 0.05) is 18.5 Å². The maximum atomic E-state index is 11.8. The van der Waals surface area contributed by atoms with Crippen molar-refractivity contribution in [3.63, 3.8) is 0 Å². The summed E-state index contributed by atoms with van der Waals surface area (Å²) in [6, 6.07) is 0. The summed E-state index contributed by atoms with van der Waals surface area (Å²) in [6.45, 7) is 6.79. The van der Waals surface area contributed by atoms with Crippen molar-refractivity contribution in [1.29, 1.82) is 0 Å². The van der Waals surface area contributed by atoms with Crippen LogP contribution in [-0.4, -0.2) is 29.8 Å². The highest BCUT2D eigenvalue weighted by Gasteiger charge is 2.34. The van der Waals surface area contributed by atoms with Gasteiger partial charge in [0.15, 0.2) is 0 Å². The van der Waals surface area contributed by atoms with Gasteiger partial charge < -0.3 is 10.6 Å². The average molecular weight is 198 g/mol. The normalized spacial score (nSPS) is 22.5. The molecule has 1 rings (SSSR count). The minimum absolute atomic E-state index is 0.0984. The first-order chi connectivity index (χ1) is 6.32. The van der Waals surface area contributed by atoms with Crippen molar-refractivity contribution in [2.45, 2.75) is 27.2 Å². The third-order valence-electron chi connectivity index (χ3n) is 2.52. The fourth-order valence-corrected chi connectivity index (χ4v) is 1.65. The van der Waals surface area contributed by atoms with Crippen LogP contribution < -0.4 is 5.73 Å². The van der Waals surface area contributed by atoms with Gasteiger partial charge in [-0.15, -0.1) is 0 Å². The quantitative estimate of drug-likeness (QED) is 0.661. The molecule has 0 aromatic carbocycles. The predicted molar refractivity (Wildman–Crippen MR) is 53.3 cm³/mol. The van der Waals surface area contributed by atoms with Crippen LogP contribution in [0, 0.1) is 11.3 Å². The molecule has 0 aromatic heterocycles. The van der Waals surface area contributed by atoms with Crippen LogP contribution in [0.1, 0.15) is 27.2 Å². The number of carbonyl (C=O) groups is 2. The third-order valence-corrected chi connectivity index (χ3v) is 2.52. The summed E-state index contributed by atoms with van der Waals surface area (Å²) in [5.74, 6) is -0.350. The SMILES string of the molecule is CC(C)(C)C(=O)N1CCC(C(N)=O)C1. The van der Waals surface area contributed by atoms with Crippen molar-refractivity contribution in [2.75, 3.05) is 13.1 Å². The third kappa shape index (κ3) is 2.25. The first kappa shape index (κ1) is 11.0. The molecule has 14 heavy (non-hydrogen) atoms. The van der Waals surface area contributed by atoms with E-state index < -0.39 is 0 Å². The van der Waals surface area contributed by atoms with Gasteiger partial charge in [0.25, 0.3) is 0 Å². The monoisotopic (exact) mass is 198 g/mol. The summed E-state index contributed by atoms with van der Waals surface area (Å²) >= 11 is 0. The van der Waals surface area contributed by atoms with Gasteiger partial charge in [-0.25, -0.2) is 0 Å². The van der Waals surface area contributed by atoms with Crippen LogP contribution >= 0.6 is 0 Å². The number of amides is 2. The lowest BCUT2D eigenvalue weighted by Crippen LogP contribution is -2.38. The first-order valence-corrected chi connectivity index (χ1v) is 4.91. The van der Waals surface area contributed by atoms with E-state index in [1.54, 1.807) is 4.90 Å². The number of hydrogen-bond donors (Lipinski definition) is 1. The number of nitrogens with two attached hydrogens (primary N) is 1. The molecule has 80 valence electrons. The van der Waals surface area contributed by atoms with Gasteiger partial charge in [0.2, 0.25) is 11.8 Å². The van der Waals surface area contributed by atoms with E-state index in [9.17, 15) is 9.59 Å². The zero-order valence-electron chi connectivity index (χ0n) is 9.04. The molecule has 0 bridgehead atoms. The highest BCUT2D eigenvalue weighted by molar-refractivity contribution is 5.84. The molecule has 0 spiro atoms. The van der Waals surface area contributed by atoms with Crippen molar-refractivity contribution < 1.29 is 9.59 Å².